The normalized spacial score (nSPS) is 15.2. The first-order valence-corrected chi connectivity index (χ1v) is 9.08. The molecule has 1 aliphatic rings. The molecule has 0 radical (unpaired) electrons. The largest absolute Gasteiger partial charge is 0.349 e. The van der Waals surface area contributed by atoms with Crippen molar-refractivity contribution in [1.29, 1.82) is 0 Å². The number of piperidine rings is 1. The molecule has 0 aliphatic carbocycles. The lowest BCUT2D eigenvalue weighted by Gasteiger charge is -2.31. The second-order valence-electron chi connectivity index (χ2n) is 6.77. The van der Waals surface area contributed by atoms with Crippen molar-refractivity contribution in [3.63, 3.8) is 0 Å². The Morgan fingerprint density at radius 1 is 1.04 bits per heavy atom. The number of likely N-dealkylation sites (tertiary alicyclic amines) is 1. The predicted octanol–water partition coefficient (Wildman–Crippen LogP) is 3.57. The third kappa shape index (κ3) is 3.67. The summed E-state index contributed by atoms with van der Waals surface area (Å²) in [5, 5.41) is 0. The van der Waals surface area contributed by atoms with Crippen molar-refractivity contribution in [2.75, 3.05) is 13.1 Å². The maximum atomic E-state index is 12.8. The maximum absolute atomic E-state index is 12.8. The quantitative estimate of drug-likeness (QED) is 0.785. The molecule has 3 heterocycles. The van der Waals surface area contributed by atoms with Crippen LogP contribution in [0, 0.1) is 5.92 Å². The van der Waals surface area contributed by atoms with E-state index in [1.165, 1.54) is 0 Å². The zero-order valence-corrected chi connectivity index (χ0v) is 14.6. The van der Waals surface area contributed by atoms with Crippen molar-refractivity contribution >= 4 is 5.91 Å². The molecule has 0 bridgehead atoms. The molecule has 1 saturated heterocycles. The first-order chi connectivity index (χ1) is 12.8. The molecule has 0 unspecified atom stereocenters. The van der Waals surface area contributed by atoms with Crippen LogP contribution in [0.1, 0.15) is 29.0 Å². The molecule has 5 heteroatoms. The second kappa shape index (κ2) is 7.52. The Bertz CT molecular complexity index is 835. The summed E-state index contributed by atoms with van der Waals surface area (Å²) in [6, 6.07) is 13.6. The van der Waals surface area contributed by atoms with E-state index in [9.17, 15) is 4.79 Å². The molecule has 26 heavy (non-hydrogen) atoms. The molecule has 4 rings (SSSR count). The van der Waals surface area contributed by atoms with E-state index in [1.54, 1.807) is 12.4 Å². The van der Waals surface area contributed by atoms with Crippen LogP contribution in [0.5, 0.6) is 0 Å². The van der Waals surface area contributed by atoms with Crippen LogP contribution in [0.15, 0.2) is 61.1 Å². The number of H-pyrrole nitrogens is 1. The summed E-state index contributed by atoms with van der Waals surface area (Å²) >= 11 is 0. The minimum Gasteiger partial charge on any atom is -0.349 e. The lowest BCUT2D eigenvalue weighted by atomic mass is 9.93. The predicted molar refractivity (Wildman–Crippen MR) is 101 cm³/mol. The van der Waals surface area contributed by atoms with Crippen LogP contribution in [0.25, 0.3) is 11.3 Å². The number of nitrogens with one attached hydrogen (secondary N) is 1. The number of rotatable bonds is 4. The summed E-state index contributed by atoms with van der Waals surface area (Å²) in [6.45, 7) is 1.62. The molecule has 5 nitrogen and oxygen atoms in total. The minimum atomic E-state index is 0.119. The number of pyridine rings is 1. The molecule has 1 aliphatic heterocycles. The summed E-state index contributed by atoms with van der Waals surface area (Å²) in [5.41, 5.74) is 2.69. The number of hydrogen-bond donors (Lipinski definition) is 1. The number of nitrogens with zero attached hydrogens (tertiary/aromatic N) is 3. The van der Waals surface area contributed by atoms with Crippen molar-refractivity contribution in [3.8, 4) is 11.3 Å². The third-order valence-corrected chi connectivity index (χ3v) is 5.03. The zero-order chi connectivity index (χ0) is 17.8. The van der Waals surface area contributed by atoms with Gasteiger partial charge < -0.3 is 9.88 Å². The van der Waals surface area contributed by atoms with E-state index in [2.05, 4.69) is 15.0 Å². The van der Waals surface area contributed by atoms with Gasteiger partial charge in [-0.05, 0) is 43.0 Å². The van der Waals surface area contributed by atoms with Gasteiger partial charge in [0.1, 0.15) is 5.82 Å². The summed E-state index contributed by atoms with van der Waals surface area (Å²) < 4.78 is 0. The van der Waals surface area contributed by atoms with Crippen LogP contribution in [0.3, 0.4) is 0 Å². The number of carbonyl (C=O) groups excluding carboxylic acids is 1. The van der Waals surface area contributed by atoms with Crippen LogP contribution in [0.4, 0.5) is 0 Å². The molecule has 1 aromatic carbocycles. The number of carbonyl (C=O) groups is 1. The lowest BCUT2D eigenvalue weighted by molar-refractivity contribution is 0.0690. The summed E-state index contributed by atoms with van der Waals surface area (Å²) in [4.78, 5) is 26.5. The molecular formula is C21H22N4O. The second-order valence-corrected chi connectivity index (χ2v) is 6.77. The number of amides is 1. The van der Waals surface area contributed by atoms with E-state index in [-0.39, 0.29) is 5.91 Å². The molecule has 0 saturated carbocycles. The molecule has 1 fully saturated rings. The van der Waals surface area contributed by atoms with Gasteiger partial charge >= 0.3 is 0 Å². The Balaban J connectivity index is 1.36. The van der Waals surface area contributed by atoms with Crippen LogP contribution < -0.4 is 0 Å². The SMILES string of the molecule is O=C(c1ccc(-c2ccccn2)cc1)N1CCC(Cc2ncc[nH]2)CC1. The Morgan fingerprint density at radius 3 is 2.50 bits per heavy atom. The third-order valence-electron chi connectivity index (χ3n) is 5.03. The van der Waals surface area contributed by atoms with E-state index in [1.807, 2.05) is 53.6 Å². The van der Waals surface area contributed by atoms with E-state index in [0.717, 1.165) is 55.0 Å². The topological polar surface area (TPSA) is 61.9 Å². The van der Waals surface area contributed by atoms with Crippen molar-refractivity contribution in [3.05, 3.63) is 72.4 Å². The summed E-state index contributed by atoms with van der Waals surface area (Å²) in [7, 11) is 0. The van der Waals surface area contributed by atoms with Crippen molar-refractivity contribution < 1.29 is 4.79 Å². The fraction of sp³-hybridized carbons (Fsp3) is 0.286. The van der Waals surface area contributed by atoms with Crippen LogP contribution >= 0.6 is 0 Å². The van der Waals surface area contributed by atoms with Gasteiger partial charge in [-0.1, -0.05) is 18.2 Å². The van der Waals surface area contributed by atoms with Gasteiger partial charge in [-0.25, -0.2) is 4.98 Å². The fourth-order valence-corrected chi connectivity index (χ4v) is 3.52. The van der Waals surface area contributed by atoms with Crippen molar-refractivity contribution in [1.82, 2.24) is 19.9 Å². The number of imidazole rings is 1. The van der Waals surface area contributed by atoms with Gasteiger partial charge in [0.2, 0.25) is 0 Å². The van der Waals surface area contributed by atoms with E-state index in [4.69, 9.17) is 0 Å². The van der Waals surface area contributed by atoms with E-state index < -0.39 is 0 Å². The summed E-state index contributed by atoms with van der Waals surface area (Å²) in [6.07, 6.45) is 8.46. The van der Waals surface area contributed by atoms with Gasteiger partial charge in [-0.2, -0.15) is 0 Å². The number of aromatic amines is 1. The standard InChI is InChI=1S/C21H22N4O/c26-21(18-6-4-17(5-7-18)19-3-1-2-10-22-19)25-13-8-16(9-14-25)15-20-23-11-12-24-20/h1-7,10-12,16H,8-9,13-15H2,(H,23,24). The smallest absolute Gasteiger partial charge is 0.253 e. The van der Waals surface area contributed by atoms with Crippen molar-refractivity contribution in [2.24, 2.45) is 5.92 Å². The first-order valence-electron chi connectivity index (χ1n) is 9.08. The first kappa shape index (κ1) is 16.5. The lowest BCUT2D eigenvalue weighted by Crippen LogP contribution is -2.39. The molecule has 2 aromatic heterocycles. The van der Waals surface area contributed by atoms with Crippen molar-refractivity contribution in [2.45, 2.75) is 19.3 Å². The molecule has 132 valence electrons. The van der Waals surface area contributed by atoms with Gasteiger partial charge in [0.15, 0.2) is 0 Å². The molecule has 0 spiro atoms. The van der Waals surface area contributed by atoms with Gasteiger partial charge in [-0.15, -0.1) is 0 Å². The van der Waals surface area contributed by atoms with Gasteiger partial charge in [0, 0.05) is 49.2 Å². The number of hydrogen-bond acceptors (Lipinski definition) is 3. The molecule has 0 atom stereocenters. The van der Waals surface area contributed by atoms with Crippen LogP contribution in [-0.2, 0) is 6.42 Å². The van der Waals surface area contributed by atoms with Crippen LogP contribution in [-0.4, -0.2) is 38.8 Å². The van der Waals surface area contributed by atoms with Gasteiger partial charge in [0.05, 0.1) is 5.69 Å². The van der Waals surface area contributed by atoms with E-state index >= 15 is 0 Å². The highest BCUT2D eigenvalue weighted by Gasteiger charge is 2.24. The highest BCUT2D eigenvalue weighted by Crippen LogP contribution is 2.23. The average Bonchev–Trinajstić information content (AvgIpc) is 3.22. The molecule has 1 N–H and O–H groups in total. The van der Waals surface area contributed by atoms with E-state index in [0.29, 0.717) is 5.92 Å². The molecule has 1 amide bonds. The van der Waals surface area contributed by atoms with Gasteiger partial charge in [0.25, 0.3) is 5.91 Å². The Morgan fingerprint density at radius 2 is 1.85 bits per heavy atom. The Labute approximate surface area is 153 Å². The summed E-state index contributed by atoms with van der Waals surface area (Å²) in [5.74, 6) is 1.76. The highest BCUT2D eigenvalue weighted by molar-refractivity contribution is 5.94. The monoisotopic (exact) mass is 346 g/mol. The highest BCUT2D eigenvalue weighted by atomic mass is 16.2. The number of aromatic nitrogens is 3. The van der Waals surface area contributed by atoms with Crippen LogP contribution in [0.2, 0.25) is 0 Å². The maximum Gasteiger partial charge on any atom is 0.253 e. The Kier molecular flexibility index (Phi) is 4.78. The molecule has 3 aromatic rings. The minimum absolute atomic E-state index is 0.119. The molecular weight excluding hydrogens is 324 g/mol. The number of benzene rings is 1. The van der Waals surface area contributed by atoms with Gasteiger partial charge in [-0.3, -0.25) is 9.78 Å². The Hall–Kier alpha value is -2.95. The zero-order valence-electron chi connectivity index (χ0n) is 14.6. The average molecular weight is 346 g/mol. The fourth-order valence-electron chi connectivity index (χ4n) is 3.52.